The van der Waals surface area contributed by atoms with Gasteiger partial charge >= 0.3 is 5.97 Å². The minimum absolute atomic E-state index is 0.0419. The first kappa shape index (κ1) is 16.5. The summed E-state index contributed by atoms with van der Waals surface area (Å²) < 4.78 is 5.12. The van der Waals surface area contributed by atoms with Crippen LogP contribution in [0.1, 0.15) is 20.9 Å². The molecule has 0 fully saturated rings. The van der Waals surface area contributed by atoms with Crippen molar-refractivity contribution in [2.75, 3.05) is 13.2 Å². The lowest BCUT2D eigenvalue weighted by atomic mass is 10.1. The van der Waals surface area contributed by atoms with E-state index in [-0.39, 0.29) is 23.8 Å². The Bertz CT molecular complexity index is 1050. The number of aromatic nitrogens is 1. The van der Waals surface area contributed by atoms with Gasteiger partial charge in [0.15, 0.2) is 6.61 Å². The molecule has 1 aliphatic rings. The van der Waals surface area contributed by atoms with E-state index in [0.717, 1.165) is 12.0 Å². The lowest BCUT2D eigenvalue weighted by molar-refractivity contribution is -0.135. The van der Waals surface area contributed by atoms with E-state index in [1.54, 1.807) is 46.6 Å². The minimum Gasteiger partial charge on any atom is -0.451 e. The number of ether oxygens (including phenoxy) is 1. The Kier molecular flexibility index (Phi) is 4.30. The van der Waals surface area contributed by atoms with E-state index in [1.165, 1.54) is 4.88 Å². The Hall–Kier alpha value is -2.93. The van der Waals surface area contributed by atoms with E-state index in [9.17, 15) is 14.4 Å². The normalized spacial score (nSPS) is 13.5. The van der Waals surface area contributed by atoms with Crippen LogP contribution >= 0.6 is 11.3 Å². The number of fused-ring (bicyclic) bond motifs is 2. The van der Waals surface area contributed by atoms with Crippen LogP contribution in [0.15, 0.2) is 46.6 Å². The van der Waals surface area contributed by atoms with Crippen LogP contribution in [-0.2, 0) is 22.5 Å². The van der Waals surface area contributed by atoms with E-state index in [1.807, 2.05) is 11.4 Å². The van der Waals surface area contributed by atoms with E-state index in [0.29, 0.717) is 23.9 Å². The van der Waals surface area contributed by atoms with Crippen LogP contribution in [0, 0.1) is 0 Å². The van der Waals surface area contributed by atoms with Crippen molar-refractivity contribution in [2.45, 2.75) is 13.0 Å². The number of rotatable bonds is 3. The lowest BCUT2D eigenvalue weighted by Crippen LogP contribution is -2.38. The molecule has 3 heterocycles. The van der Waals surface area contributed by atoms with Crippen molar-refractivity contribution >= 4 is 34.0 Å². The Morgan fingerprint density at radius 3 is 2.96 bits per heavy atom. The fourth-order valence-corrected chi connectivity index (χ4v) is 3.97. The van der Waals surface area contributed by atoms with Gasteiger partial charge in [-0.2, -0.15) is 0 Å². The molecule has 4 rings (SSSR count). The topological polar surface area (TPSA) is 79.5 Å². The first-order chi connectivity index (χ1) is 12.6. The molecule has 1 amide bonds. The lowest BCUT2D eigenvalue weighted by Gasteiger charge is -2.26. The number of nitrogens with one attached hydrogen (secondary N) is 1. The van der Waals surface area contributed by atoms with Crippen molar-refractivity contribution < 1.29 is 14.3 Å². The number of thiophene rings is 1. The smallest absolute Gasteiger partial charge is 0.355 e. The molecule has 3 aromatic rings. The predicted molar refractivity (Wildman–Crippen MR) is 98.3 cm³/mol. The van der Waals surface area contributed by atoms with Crippen LogP contribution in [0.25, 0.3) is 10.8 Å². The van der Waals surface area contributed by atoms with Crippen molar-refractivity contribution in [3.8, 4) is 0 Å². The average Bonchev–Trinajstić information content (AvgIpc) is 3.13. The molecule has 2 aromatic heterocycles. The van der Waals surface area contributed by atoms with Crippen LogP contribution in [-0.4, -0.2) is 34.9 Å². The van der Waals surface area contributed by atoms with Gasteiger partial charge in [-0.3, -0.25) is 9.59 Å². The molecule has 1 N–H and O–H groups in total. The standard InChI is InChI=1S/C19H16N2O4S/c22-17(21-7-5-16-13(10-21)6-8-26-16)11-25-19(24)15-9-12-3-1-2-4-14(12)18(23)20-15/h1-4,6,8-9H,5,7,10-11H2,(H,20,23). The van der Waals surface area contributed by atoms with Gasteiger partial charge in [0.2, 0.25) is 0 Å². The number of H-pyrrole nitrogens is 1. The number of carbonyl (C=O) groups is 2. The summed E-state index contributed by atoms with van der Waals surface area (Å²) >= 11 is 1.70. The highest BCUT2D eigenvalue weighted by Crippen LogP contribution is 2.24. The van der Waals surface area contributed by atoms with Gasteiger partial charge in [-0.25, -0.2) is 4.79 Å². The summed E-state index contributed by atoms with van der Waals surface area (Å²) in [6, 6.07) is 10.6. The number of nitrogens with zero attached hydrogens (tertiary/aromatic N) is 1. The summed E-state index contributed by atoms with van der Waals surface area (Å²) in [6.07, 6.45) is 0.824. The molecule has 0 aliphatic carbocycles. The zero-order valence-corrected chi connectivity index (χ0v) is 14.7. The van der Waals surface area contributed by atoms with Crippen LogP contribution in [0.3, 0.4) is 0 Å². The predicted octanol–water partition coefficient (Wildman–Crippen LogP) is 2.33. The van der Waals surface area contributed by atoms with Crippen molar-refractivity contribution in [2.24, 2.45) is 0 Å². The van der Waals surface area contributed by atoms with Gasteiger partial charge in [0, 0.05) is 23.4 Å². The third-order valence-corrected chi connectivity index (χ3v) is 5.48. The highest BCUT2D eigenvalue weighted by atomic mass is 32.1. The second kappa shape index (κ2) is 6.76. The van der Waals surface area contributed by atoms with Gasteiger partial charge in [-0.1, -0.05) is 18.2 Å². The number of benzene rings is 1. The number of pyridine rings is 1. The number of amides is 1. The minimum atomic E-state index is -0.713. The van der Waals surface area contributed by atoms with Crippen molar-refractivity contribution in [3.63, 3.8) is 0 Å². The Balaban J connectivity index is 1.43. The average molecular weight is 368 g/mol. The van der Waals surface area contributed by atoms with Crippen molar-refractivity contribution in [1.82, 2.24) is 9.88 Å². The summed E-state index contributed by atoms with van der Waals surface area (Å²) in [6.45, 7) is 0.825. The molecule has 0 atom stereocenters. The number of aromatic amines is 1. The molecule has 1 aliphatic heterocycles. The third kappa shape index (κ3) is 3.13. The molecule has 0 saturated carbocycles. The molecule has 7 heteroatoms. The largest absolute Gasteiger partial charge is 0.451 e. The maximum atomic E-state index is 12.3. The molecule has 0 saturated heterocycles. The molecule has 0 radical (unpaired) electrons. The van der Waals surface area contributed by atoms with Gasteiger partial charge in [0.25, 0.3) is 11.5 Å². The monoisotopic (exact) mass is 368 g/mol. The van der Waals surface area contributed by atoms with E-state index >= 15 is 0 Å². The molecular weight excluding hydrogens is 352 g/mol. The SMILES string of the molecule is O=C(OCC(=O)N1CCc2sccc2C1)c1cc2ccccc2c(=O)[nH]1. The summed E-state index contributed by atoms with van der Waals surface area (Å²) in [7, 11) is 0. The molecular formula is C19H16N2O4S. The Morgan fingerprint density at radius 2 is 2.08 bits per heavy atom. The van der Waals surface area contributed by atoms with Gasteiger partial charge < -0.3 is 14.6 Å². The number of carbonyl (C=O) groups excluding carboxylic acids is 2. The van der Waals surface area contributed by atoms with Gasteiger partial charge in [-0.05, 0) is 40.9 Å². The fraction of sp³-hybridized carbons (Fsp3) is 0.211. The van der Waals surface area contributed by atoms with E-state index < -0.39 is 5.97 Å². The van der Waals surface area contributed by atoms with Crippen LogP contribution in [0.2, 0.25) is 0 Å². The first-order valence-corrected chi connectivity index (χ1v) is 9.12. The zero-order valence-electron chi connectivity index (χ0n) is 13.9. The molecule has 0 bridgehead atoms. The molecule has 0 unspecified atom stereocenters. The summed E-state index contributed by atoms with van der Waals surface area (Å²) in [4.78, 5) is 42.1. The highest BCUT2D eigenvalue weighted by Gasteiger charge is 2.22. The number of hydrogen-bond acceptors (Lipinski definition) is 5. The number of hydrogen-bond donors (Lipinski definition) is 1. The van der Waals surface area contributed by atoms with Gasteiger partial charge in [0.1, 0.15) is 5.69 Å². The quantitative estimate of drug-likeness (QED) is 0.720. The number of esters is 1. The summed E-state index contributed by atoms with van der Waals surface area (Å²) in [5.41, 5.74) is 0.836. The second-order valence-corrected chi connectivity index (χ2v) is 7.11. The van der Waals surface area contributed by atoms with Gasteiger partial charge in [-0.15, -0.1) is 11.3 Å². The zero-order chi connectivity index (χ0) is 18.1. The molecule has 26 heavy (non-hydrogen) atoms. The van der Waals surface area contributed by atoms with Crippen LogP contribution < -0.4 is 5.56 Å². The second-order valence-electron chi connectivity index (χ2n) is 6.11. The Morgan fingerprint density at radius 1 is 1.23 bits per heavy atom. The maximum absolute atomic E-state index is 12.3. The third-order valence-electron chi connectivity index (χ3n) is 4.46. The highest BCUT2D eigenvalue weighted by molar-refractivity contribution is 7.10. The summed E-state index contributed by atoms with van der Waals surface area (Å²) in [5.74, 6) is -0.951. The molecule has 132 valence electrons. The van der Waals surface area contributed by atoms with Crippen LogP contribution in [0.5, 0.6) is 0 Å². The van der Waals surface area contributed by atoms with E-state index in [4.69, 9.17) is 4.74 Å². The molecule has 0 spiro atoms. The summed E-state index contributed by atoms with van der Waals surface area (Å²) in [5, 5.41) is 3.17. The van der Waals surface area contributed by atoms with E-state index in [2.05, 4.69) is 4.98 Å². The van der Waals surface area contributed by atoms with Crippen LogP contribution in [0.4, 0.5) is 0 Å². The first-order valence-electron chi connectivity index (χ1n) is 8.24. The Labute approximate surface area is 153 Å². The fourth-order valence-electron chi connectivity index (χ4n) is 3.08. The van der Waals surface area contributed by atoms with Gasteiger partial charge in [0.05, 0.1) is 0 Å². The van der Waals surface area contributed by atoms with Crippen molar-refractivity contribution in [3.05, 3.63) is 68.3 Å². The maximum Gasteiger partial charge on any atom is 0.355 e. The van der Waals surface area contributed by atoms with Crippen molar-refractivity contribution in [1.29, 1.82) is 0 Å². The molecule has 1 aromatic carbocycles. The molecule has 6 nitrogen and oxygen atoms in total.